The molecule has 26 heavy (non-hydrogen) atoms. The van der Waals surface area contributed by atoms with E-state index in [2.05, 4.69) is 24.1 Å². The van der Waals surface area contributed by atoms with Crippen LogP contribution in [-0.2, 0) is 13.0 Å². The lowest BCUT2D eigenvalue weighted by molar-refractivity contribution is 0.0909. The molecule has 1 amide bonds. The topological polar surface area (TPSA) is 45.2 Å². The minimum Gasteiger partial charge on any atom is -0.349 e. The van der Waals surface area contributed by atoms with Gasteiger partial charge in [-0.1, -0.05) is 44.9 Å². The van der Waals surface area contributed by atoms with Crippen molar-refractivity contribution >= 4 is 16.8 Å². The number of carbonyl (C=O) groups is 1. The molecule has 4 heteroatoms. The summed E-state index contributed by atoms with van der Waals surface area (Å²) in [5.74, 6) is 0.653. The molecule has 1 aromatic heterocycles. The molecule has 2 heterocycles. The third-order valence-electron chi connectivity index (χ3n) is 6.23. The number of pyridine rings is 1. The Morgan fingerprint density at radius 3 is 2.88 bits per heavy atom. The van der Waals surface area contributed by atoms with E-state index in [0.29, 0.717) is 12.0 Å². The number of hydrogen-bond donors (Lipinski definition) is 1. The van der Waals surface area contributed by atoms with Crippen LogP contribution in [0.25, 0.3) is 10.9 Å². The normalized spacial score (nSPS) is 23.6. The molecule has 1 aliphatic heterocycles. The lowest BCUT2D eigenvalue weighted by atomic mass is 9.85. The van der Waals surface area contributed by atoms with Gasteiger partial charge in [-0.2, -0.15) is 0 Å². The highest BCUT2D eigenvalue weighted by Crippen LogP contribution is 2.29. The monoisotopic (exact) mass is 351 g/mol. The molecule has 1 aromatic carbocycles. The van der Waals surface area contributed by atoms with Gasteiger partial charge in [0, 0.05) is 42.2 Å². The van der Waals surface area contributed by atoms with Gasteiger partial charge in [-0.3, -0.25) is 14.7 Å². The van der Waals surface area contributed by atoms with Crippen molar-refractivity contribution < 1.29 is 4.79 Å². The Morgan fingerprint density at radius 2 is 2.08 bits per heavy atom. The molecule has 4 rings (SSSR count). The predicted octanol–water partition coefficient (Wildman–Crippen LogP) is 3.92. The fourth-order valence-corrected chi connectivity index (χ4v) is 4.55. The molecule has 1 N–H and O–H groups in total. The molecule has 2 aromatic rings. The number of nitrogens with zero attached hydrogens (tertiary/aromatic N) is 2. The van der Waals surface area contributed by atoms with Crippen molar-refractivity contribution in [1.82, 2.24) is 15.2 Å². The first kappa shape index (κ1) is 17.5. The average Bonchev–Trinajstić information content (AvgIpc) is 2.67. The molecule has 0 radical (unpaired) electrons. The van der Waals surface area contributed by atoms with Gasteiger partial charge in [-0.05, 0) is 31.4 Å². The summed E-state index contributed by atoms with van der Waals surface area (Å²) in [6.45, 7) is 7.31. The number of nitrogens with one attached hydrogen (secondary N) is 1. The highest BCUT2D eigenvalue weighted by atomic mass is 16.1. The molecule has 4 nitrogen and oxygen atoms in total. The van der Waals surface area contributed by atoms with Crippen LogP contribution < -0.4 is 5.32 Å². The summed E-state index contributed by atoms with van der Waals surface area (Å²) < 4.78 is 0. The van der Waals surface area contributed by atoms with Crippen molar-refractivity contribution in [2.75, 3.05) is 13.1 Å². The number of para-hydroxylation sites is 1. The summed E-state index contributed by atoms with van der Waals surface area (Å²) in [7, 11) is 0. The molecule has 0 saturated heterocycles. The second-order valence-electron chi connectivity index (χ2n) is 7.89. The molecular formula is C22H29N3O. The number of likely N-dealkylation sites (N-methyl/N-ethyl adjacent to an activating group) is 1. The van der Waals surface area contributed by atoms with Gasteiger partial charge in [0.25, 0.3) is 5.91 Å². The van der Waals surface area contributed by atoms with E-state index in [-0.39, 0.29) is 5.91 Å². The Balaban J connectivity index is 1.75. The standard InChI is InChI=1S/C22H29N3O/c1-3-25-13-12-20-17(14-25)21(16-9-5-7-11-19(16)23-20)22(26)24-18-10-6-4-8-15(18)2/h5,7,9,11,15,18H,3-4,6,8,10,12-14H2,1-2H3,(H,24,26). The number of benzene rings is 1. The van der Waals surface area contributed by atoms with Gasteiger partial charge in [0.1, 0.15) is 0 Å². The van der Waals surface area contributed by atoms with Crippen molar-refractivity contribution in [1.29, 1.82) is 0 Å². The van der Waals surface area contributed by atoms with E-state index in [9.17, 15) is 4.79 Å². The van der Waals surface area contributed by atoms with Crippen LogP contribution >= 0.6 is 0 Å². The first-order chi connectivity index (χ1) is 12.7. The van der Waals surface area contributed by atoms with Crippen LogP contribution in [0.15, 0.2) is 24.3 Å². The molecule has 0 bridgehead atoms. The van der Waals surface area contributed by atoms with Crippen molar-refractivity contribution in [3.63, 3.8) is 0 Å². The molecule has 2 unspecified atom stereocenters. The van der Waals surface area contributed by atoms with Gasteiger partial charge in [0.2, 0.25) is 0 Å². The van der Waals surface area contributed by atoms with E-state index in [0.717, 1.165) is 60.2 Å². The summed E-state index contributed by atoms with van der Waals surface area (Å²) in [4.78, 5) is 20.7. The fraction of sp³-hybridized carbons (Fsp3) is 0.545. The molecule has 2 atom stereocenters. The highest BCUT2D eigenvalue weighted by molar-refractivity contribution is 6.07. The summed E-state index contributed by atoms with van der Waals surface area (Å²) in [6.07, 6.45) is 5.73. The van der Waals surface area contributed by atoms with Gasteiger partial charge >= 0.3 is 0 Å². The van der Waals surface area contributed by atoms with Gasteiger partial charge in [-0.15, -0.1) is 0 Å². The molecule has 2 aliphatic rings. The molecule has 1 fully saturated rings. The number of amides is 1. The zero-order valence-electron chi connectivity index (χ0n) is 15.9. The Hall–Kier alpha value is -1.94. The van der Waals surface area contributed by atoms with Crippen LogP contribution in [-0.4, -0.2) is 34.9 Å². The first-order valence-corrected chi connectivity index (χ1v) is 10.1. The Labute approximate surface area is 156 Å². The van der Waals surface area contributed by atoms with E-state index >= 15 is 0 Å². The maximum Gasteiger partial charge on any atom is 0.252 e. The van der Waals surface area contributed by atoms with Crippen molar-refractivity contribution in [3.8, 4) is 0 Å². The largest absolute Gasteiger partial charge is 0.349 e. The van der Waals surface area contributed by atoms with E-state index in [1.54, 1.807) is 0 Å². The number of aromatic nitrogens is 1. The second kappa shape index (κ2) is 7.36. The van der Waals surface area contributed by atoms with E-state index in [1.165, 1.54) is 19.3 Å². The van der Waals surface area contributed by atoms with Crippen molar-refractivity contribution in [2.24, 2.45) is 5.92 Å². The molecule has 0 spiro atoms. The van der Waals surface area contributed by atoms with Crippen molar-refractivity contribution in [3.05, 3.63) is 41.1 Å². The van der Waals surface area contributed by atoms with Gasteiger partial charge in [0.15, 0.2) is 0 Å². The summed E-state index contributed by atoms with van der Waals surface area (Å²) in [5.41, 5.74) is 4.05. The number of fused-ring (bicyclic) bond motifs is 2. The average molecular weight is 351 g/mol. The van der Waals surface area contributed by atoms with Gasteiger partial charge < -0.3 is 5.32 Å². The van der Waals surface area contributed by atoms with Crippen LogP contribution in [0.4, 0.5) is 0 Å². The Morgan fingerprint density at radius 1 is 1.27 bits per heavy atom. The molecule has 1 saturated carbocycles. The molecule has 1 aliphatic carbocycles. The second-order valence-corrected chi connectivity index (χ2v) is 7.89. The third kappa shape index (κ3) is 3.23. The highest BCUT2D eigenvalue weighted by Gasteiger charge is 2.28. The van der Waals surface area contributed by atoms with Gasteiger partial charge in [0.05, 0.1) is 11.1 Å². The lowest BCUT2D eigenvalue weighted by Crippen LogP contribution is -2.42. The smallest absolute Gasteiger partial charge is 0.252 e. The van der Waals surface area contributed by atoms with Crippen LogP contribution in [0, 0.1) is 5.92 Å². The first-order valence-electron chi connectivity index (χ1n) is 10.1. The van der Waals surface area contributed by atoms with E-state index < -0.39 is 0 Å². The predicted molar refractivity (Wildman–Crippen MR) is 105 cm³/mol. The maximum absolute atomic E-state index is 13.4. The quantitative estimate of drug-likeness (QED) is 0.911. The molecular weight excluding hydrogens is 322 g/mol. The van der Waals surface area contributed by atoms with Crippen molar-refractivity contribution in [2.45, 2.75) is 58.5 Å². The molecule has 138 valence electrons. The van der Waals surface area contributed by atoms with Crippen LogP contribution in [0.2, 0.25) is 0 Å². The Bertz CT molecular complexity index is 816. The van der Waals surface area contributed by atoms with Crippen LogP contribution in [0.1, 0.15) is 61.1 Å². The third-order valence-corrected chi connectivity index (χ3v) is 6.23. The number of rotatable bonds is 3. The van der Waals surface area contributed by atoms with E-state index in [4.69, 9.17) is 4.98 Å². The zero-order chi connectivity index (χ0) is 18.1. The Kier molecular flexibility index (Phi) is 4.94. The number of carbonyl (C=O) groups excluding carboxylic acids is 1. The summed E-state index contributed by atoms with van der Waals surface area (Å²) in [6, 6.07) is 8.39. The van der Waals surface area contributed by atoms with Crippen LogP contribution in [0.3, 0.4) is 0 Å². The van der Waals surface area contributed by atoms with Crippen LogP contribution in [0.5, 0.6) is 0 Å². The SMILES string of the molecule is CCN1CCc2nc3ccccc3c(C(=O)NC3CCCCC3C)c2C1. The minimum atomic E-state index is 0.0940. The van der Waals surface area contributed by atoms with E-state index in [1.807, 2.05) is 24.3 Å². The minimum absolute atomic E-state index is 0.0940. The zero-order valence-corrected chi connectivity index (χ0v) is 15.9. The summed E-state index contributed by atoms with van der Waals surface area (Å²) >= 11 is 0. The fourth-order valence-electron chi connectivity index (χ4n) is 4.55. The lowest BCUT2D eigenvalue weighted by Gasteiger charge is -2.32. The number of hydrogen-bond acceptors (Lipinski definition) is 3. The summed E-state index contributed by atoms with van der Waals surface area (Å²) in [5, 5.41) is 4.37. The maximum atomic E-state index is 13.4. The van der Waals surface area contributed by atoms with Gasteiger partial charge in [-0.25, -0.2) is 0 Å².